The lowest BCUT2D eigenvalue weighted by Gasteiger charge is -2.26. The molecule has 170 valence electrons. The van der Waals surface area contributed by atoms with Crippen LogP contribution in [0.4, 0.5) is 0 Å². The van der Waals surface area contributed by atoms with Gasteiger partial charge in [0.25, 0.3) is 0 Å². The Hall–Kier alpha value is -2.93. The van der Waals surface area contributed by atoms with Crippen LogP contribution < -0.4 is 27.8 Å². The van der Waals surface area contributed by atoms with Crippen molar-refractivity contribution in [2.75, 3.05) is 19.7 Å². The van der Waals surface area contributed by atoms with Crippen LogP contribution in [-0.2, 0) is 19.2 Å². The van der Waals surface area contributed by atoms with Crippen LogP contribution in [0.5, 0.6) is 0 Å². The predicted molar refractivity (Wildman–Crippen MR) is 107 cm³/mol. The first-order valence-corrected chi connectivity index (χ1v) is 9.64. The van der Waals surface area contributed by atoms with E-state index in [-0.39, 0.29) is 18.9 Å². The number of rotatable bonds is 11. The van der Waals surface area contributed by atoms with Gasteiger partial charge in [0, 0.05) is 13.1 Å². The number of nitrogens with two attached hydrogens (primary N) is 3. The minimum Gasteiger partial charge on any atom is -0.480 e. The maximum absolute atomic E-state index is 12.5. The summed E-state index contributed by atoms with van der Waals surface area (Å²) in [4.78, 5) is 53.2. The highest BCUT2D eigenvalue weighted by molar-refractivity contribution is 5.94. The number of aliphatic hydroxyl groups is 1. The zero-order valence-electron chi connectivity index (χ0n) is 16.9. The van der Waals surface area contributed by atoms with E-state index in [1.54, 1.807) is 0 Å². The third-order valence-corrected chi connectivity index (χ3v) is 4.67. The van der Waals surface area contributed by atoms with Gasteiger partial charge in [0.2, 0.25) is 17.7 Å². The molecule has 0 spiro atoms. The average Bonchev–Trinajstić information content (AvgIpc) is 3.18. The van der Waals surface area contributed by atoms with Crippen molar-refractivity contribution in [2.45, 2.75) is 56.8 Å². The van der Waals surface area contributed by atoms with Gasteiger partial charge in [-0.15, -0.1) is 0 Å². The second kappa shape index (κ2) is 11.9. The molecular weight excluding hydrogens is 398 g/mol. The second-order valence-corrected chi connectivity index (χ2v) is 7.06. The molecule has 0 radical (unpaired) electrons. The van der Waals surface area contributed by atoms with Crippen molar-refractivity contribution < 1.29 is 29.4 Å². The number of likely N-dealkylation sites (tertiary alicyclic amines) is 1. The lowest BCUT2D eigenvalue weighted by molar-refractivity contribution is -0.149. The SMILES string of the molecule is CC(NC(=O)C(CO)NC(=O)C(N)CCCN=C(N)N)C(=O)N1CCCC1C(=O)O. The lowest BCUT2D eigenvalue weighted by atomic mass is 10.1. The van der Waals surface area contributed by atoms with Crippen molar-refractivity contribution in [2.24, 2.45) is 22.2 Å². The molecule has 1 saturated heterocycles. The fourth-order valence-electron chi connectivity index (χ4n) is 3.03. The van der Waals surface area contributed by atoms with Crippen molar-refractivity contribution in [3.63, 3.8) is 0 Å². The van der Waals surface area contributed by atoms with Crippen molar-refractivity contribution in [3.8, 4) is 0 Å². The summed E-state index contributed by atoms with van der Waals surface area (Å²) < 4.78 is 0. The zero-order chi connectivity index (χ0) is 22.8. The van der Waals surface area contributed by atoms with Crippen LogP contribution in [0.25, 0.3) is 0 Å². The number of hydrogen-bond acceptors (Lipinski definition) is 7. The first kappa shape index (κ1) is 25.1. The van der Waals surface area contributed by atoms with Gasteiger partial charge < -0.3 is 42.9 Å². The summed E-state index contributed by atoms with van der Waals surface area (Å²) in [5.41, 5.74) is 16.2. The number of amides is 3. The molecule has 0 saturated carbocycles. The van der Waals surface area contributed by atoms with Crippen LogP contribution in [0.2, 0.25) is 0 Å². The Labute approximate surface area is 174 Å². The van der Waals surface area contributed by atoms with Gasteiger partial charge in [-0.25, -0.2) is 4.79 Å². The second-order valence-electron chi connectivity index (χ2n) is 7.06. The van der Waals surface area contributed by atoms with Crippen LogP contribution in [-0.4, -0.2) is 88.6 Å². The smallest absolute Gasteiger partial charge is 0.326 e. The molecule has 0 aromatic rings. The number of carboxylic acid groups (broad SMARTS) is 1. The van der Waals surface area contributed by atoms with Crippen molar-refractivity contribution in [1.82, 2.24) is 15.5 Å². The summed E-state index contributed by atoms with van der Waals surface area (Å²) in [5, 5.41) is 23.3. The average molecular weight is 429 g/mol. The molecular formula is C17H31N7O6. The number of nitrogens with one attached hydrogen (secondary N) is 2. The summed E-state index contributed by atoms with van der Waals surface area (Å²) in [5.74, 6) is -3.16. The molecule has 4 atom stereocenters. The zero-order valence-corrected chi connectivity index (χ0v) is 16.9. The van der Waals surface area contributed by atoms with E-state index in [0.29, 0.717) is 25.8 Å². The molecule has 1 fully saturated rings. The topological polar surface area (TPSA) is 226 Å². The summed E-state index contributed by atoms with van der Waals surface area (Å²) in [6.07, 6.45) is 1.59. The fraction of sp³-hybridized carbons (Fsp3) is 0.706. The number of carboxylic acids is 1. The fourth-order valence-corrected chi connectivity index (χ4v) is 3.03. The van der Waals surface area contributed by atoms with E-state index in [2.05, 4.69) is 15.6 Å². The molecule has 1 aliphatic rings. The van der Waals surface area contributed by atoms with Gasteiger partial charge >= 0.3 is 5.97 Å². The quantitative estimate of drug-likeness (QED) is 0.0977. The highest BCUT2D eigenvalue weighted by atomic mass is 16.4. The van der Waals surface area contributed by atoms with Gasteiger partial charge in [0.05, 0.1) is 12.6 Å². The van der Waals surface area contributed by atoms with Crippen molar-refractivity contribution >= 4 is 29.7 Å². The Morgan fingerprint density at radius 3 is 2.43 bits per heavy atom. The van der Waals surface area contributed by atoms with Crippen LogP contribution >= 0.6 is 0 Å². The van der Waals surface area contributed by atoms with E-state index < -0.39 is 54.5 Å². The van der Waals surface area contributed by atoms with E-state index in [4.69, 9.17) is 17.2 Å². The summed E-state index contributed by atoms with van der Waals surface area (Å²) in [7, 11) is 0. The van der Waals surface area contributed by atoms with Crippen molar-refractivity contribution in [3.05, 3.63) is 0 Å². The third-order valence-electron chi connectivity index (χ3n) is 4.67. The molecule has 3 amide bonds. The standard InChI is InChI=1S/C17H31N7O6/c1-9(15(28)24-7-3-5-12(24)16(29)30)22-14(27)11(8-25)23-13(26)10(18)4-2-6-21-17(19)20/h9-12,25H,2-8,18H2,1H3,(H,22,27)(H,23,26)(H,29,30)(H4,19,20,21). The van der Waals surface area contributed by atoms with E-state index >= 15 is 0 Å². The maximum Gasteiger partial charge on any atom is 0.326 e. The van der Waals surface area contributed by atoms with Crippen molar-refractivity contribution in [1.29, 1.82) is 0 Å². The molecule has 0 aromatic carbocycles. The number of aliphatic hydroxyl groups excluding tert-OH is 1. The Bertz CT molecular complexity index is 667. The van der Waals surface area contributed by atoms with E-state index in [1.165, 1.54) is 11.8 Å². The molecule has 0 aromatic heterocycles. The Morgan fingerprint density at radius 2 is 1.87 bits per heavy atom. The number of aliphatic carboxylic acids is 1. The summed E-state index contributed by atoms with van der Waals surface area (Å²) in [6, 6.07) is -4.22. The van der Waals surface area contributed by atoms with Crippen LogP contribution in [0, 0.1) is 0 Å². The van der Waals surface area contributed by atoms with E-state index in [0.717, 1.165) is 0 Å². The Balaban J connectivity index is 2.56. The molecule has 30 heavy (non-hydrogen) atoms. The first-order chi connectivity index (χ1) is 14.1. The number of nitrogens with zero attached hydrogens (tertiary/aromatic N) is 2. The molecule has 1 aliphatic heterocycles. The van der Waals surface area contributed by atoms with Gasteiger partial charge in [-0.05, 0) is 32.6 Å². The van der Waals surface area contributed by atoms with Crippen LogP contribution in [0.15, 0.2) is 4.99 Å². The maximum atomic E-state index is 12.5. The van der Waals surface area contributed by atoms with Gasteiger partial charge in [-0.2, -0.15) is 0 Å². The third kappa shape index (κ3) is 7.48. The summed E-state index contributed by atoms with van der Waals surface area (Å²) >= 11 is 0. The summed E-state index contributed by atoms with van der Waals surface area (Å²) in [6.45, 7) is 1.27. The van der Waals surface area contributed by atoms with E-state index in [9.17, 15) is 29.4 Å². The molecule has 4 unspecified atom stereocenters. The number of guanidine groups is 1. The van der Waals surface area contributed by atoms with Crippen LogP contribution in [0.1, 0.15) is 32.6 Å². The first-order valence-electron chi connectivity index (χ1n) is 9.64. The van der Waals surface area contributed by atoms with Gasteiger partial charge in [0.15, 0.2) is 5.96 Å². The van der Waals surface area contributed by atoms with E-state index in [1.807, 2.05) is 0 Å². The number of aliphatic imine (C=N–C) groups is 1. The van der Waals surface area contributed by atoms with Gasteiger partial charge in [-0.3, -0.25) is 19.4 Å². The minimum absolute atomic E-state index is 0.0719. The normalized spacial score (nSPS) is 18.8. The monoisotopic (exact) mass is 429 g/mol. The Kier molecular flexibility index (Phi) is 9.98. The molecule has 13 heteroatoms. The van der Waals surface area contributed by atoms with Gasteiger partial charge in [-0.1, -0.05) is 0 Å². The number of carbonyl (C=O) groups is 4. The Morgan fingerprint density at radius 1 is 1.20 bits per heavy atom. The molecule has 13 nitrogen and oxygen atoms in total. The molecule has 10 N–H and O–H groups in total. The van der Waals surface area contributed by atoms with Gasteiger partial charge in [0.1, 0.15) is 18.1 Å². The highest BCUT2D eigenvalue weighted by Crippen LogP contribution is 2.18. The molecule has 1 heterocycles. The number of carbonyl (C=O) groups excluding carboxylic acids is 3. The molecule has 0 bridgehead atoms. The highest BCUT2D eigenvalue weighted by Gasteiger charge is 2.36. The molecule has 1 rings (SSSR count). The largest absolute Gasteiger partial charge is 0.480 e. The number of hydrogen-bond donors (Lipinski definition) is 7. The minimum atomic E-state index is -1.31. The van der Waals surface area contributed by atoms with Crippen LogP contribution in [0.3, 0.4) is 0 Å². The molecule has 0 aliphatic carbocycles. The predicted octanol–water partition coefficient (Wildman–Crippen LogP) is -3.58. The lowest BCUT2D eigenvalue weighted by Crippen LogP contribution is -2.57.